The van der Waals surface area contributed by atoms with Crippen molar-refractivity contribution in [3.63, 3.8) is 0 Å². The number of esters is 1. The average Bonchev–Trinajstić information content (AvgIpc) is 3.17. The molecule has 0 aliphatic carbocycles. The van der Waals surface area contributed by atoms with E-state index in [4.69, 9.17) is 13.9 Å². The van der Waals surface area contributed by atoms with Crippen LogP contribution in [0.4, 0.5) is 0 Å². The van der Waals surface area contributed by atoms with E-state index in [1.54, 1.807) is 26.2 Å². The zero-order valence-electron chi connectivity index (χ0n) is 15.9. The van der Waals surface area contributed by atoms with Crippen LogP contribution in [0.2, 0.25) is 0 Å². The van der Waals surface area contributed by atoms with Crippen LogP contribution in [0.1, 0.15) is 37.6 Å². The van der Waals surface area contributed by atoms with Crippen molar-refractivity contribution in [3.05, 3.63) is 66.1 Å². The summed E-state index contributed by atoms with van der Waals surface area (Å²) in [5.74, 6) is -0.311. The number of carbonyl (C=O) groups excluding carboxylic acids is 2. The lowest BCUT2D eigenvalue weighted by Gasteiger charge is -2.31. The molecule has 0 N–H and O–H groups in total. The lowest BCUT2D eigenvalue weighted by Crippen LogP contribution is -2.40. The van der Waals surface area contributed by atoms with Gasteiger partial charge < -0.3 is 18.8 Å². The molecule has 0 saturated carbocycles. The number of nitrogens with zero attached hydrogens (tertiary/aromatic N) is 1. The van der Waals surface area contributed by atoms with E-state index in [-0.39, 0.29) is 13.2 Å². The first kappa shape index (κ1) is 20.3. The van der Waals surface area contributed by atoms with Gasteiger partial charge in [0.2, 0.25) is 0 Å². The van der Waals surface area contributed by atoms with Crippen molar-refractivity contribution < 1.29 is 23.5 Å². The van der Waals surface area contributed by atoms with Crippen molar-refractivity contribution in [1.29, 1.82) is 0 Å². The smallest absolute Gasteiger partial charge is 0.397 e. The number of methoxy groups -OCH3 is 1. The molecule has 144 valence electrons. The Morgan fingerprint density at radius 1 is 1.22 bits per heavy atom. The highest BCUT2D eigenvalue weighted by Crippen LogP contribution is 2.30. The monoisotopic (exact) mass is 371 g/mol. The number of ether oxygens (including phenoxy) is 2. The lowest BCUT2D eigenvalue weighted by molar-refractivity contribution is -0.161. The van der Waals surface area contributed by atoms with E-state index in [1.165, 1.54) is 11.2 Å². The molecule has 0 spiro atoms. The molecule has 1 atom stereocenters. The molecule has 6 nitrogen and oxygen atoms in total. The van der Waals surface area contributed by atoms with Gasteiger partial charge in [-0.25, -0.2) is 4.79 Å². The van der Waals surface area contributed by atoms with E-state index in [1.807, 2.05) is 31.2 Å². The molecule has 1 heterocycles. The quantitative estimate of drug-likeness (QED) is 0.400. The Hall–Kier alpha value is -3.02. The van der Waals surface area contributed by atoms with E-state index in [0.717, 1.165) is 11.1 Å². The Morgan fingerprint density at radius 2 is 1.93 bits per heavy atom. The number of hydrogen-bond donors (Lipinski definition) is 0. The maximum absolute atomic E-state index is 12.8. The van der Waals surface area contributed by atoms with Crippen LogP contribution in [0.3, 0.4) is 0 Å². The summed E-state index contributed by atoms with van der Waals surface area (Å²) in [6.07, 6.45) is 2.03. The third-order valence-corrected chi connectivity index (χ3v) is 4.04. The number of hydrogen-bond acceptors (Lipinski definition) is 5. The molecule has 0 bridgehead atoms. The summed E-state index contributed by atoms with van der Waals surface area (Å²) in [5.41, 5.74) is 1.75. The number of furan rings is 1. The molecule has 6 heteroatoms. The van der Waals surface area contributed by atoms with E-state index >= 15 is 0 Å². The van der Waals surface area contributed by atoms with Crippen molar-refractivity contribution in [3.8, 4) is 5.75 Å². The number of rotatable bonds is 8. The van der Waals surface area contributed by atoms with Gasteiger partial charge in [-0.3, -0.25) is 4.79 Å². The van der Waals surface area contributed by atoms with Crippen LogP contribution in [0.25, 0.3) is 0 Å². The minimum atomic E-state index is -0.885. The first-order valence-corrected chi connectivity index (χ1v) is 8.74. The predicted octanol–water partition coefficient (Wildman–Crippen LogP) is 3.89. The number of carbonyl (C=O) groups is 2. The van der Waals surface area contributed by atoms with Crippen molar-refractivity contribution in [2.75, 3.05) is 13.7 Å². The maximum atomic E-state index is 12.8. The van der Waals surface area contributed by atoms with Gasteiger partial charge in [0.25, 0.3) is 0 Å². The molecular formula is C21H25NO5. The summed E-state index contributed by atoms with van der Waals surface area (Å²) in [4.78, 5) is 26.4. The highest BCUT2D eigenvalue weighted by atomic mass is 16.5. The first-order chi connectivity index (χ1) is 13.0. The maximum Gasteiger partial charge on any atom is 0.397 e. The molecule has 27 heavy (non-hydrogen) atoms. The lowest BCUT2D eigenvalue weighted by atomic mass is 9.98. The van der Waals surface area contributed by atoms with Gasteiger partial charge in [0, 0.05) is 0 Å². The Morgan fingerprint density at radius 3 is 2.44 bits per heavy atom. The van der Waals surface area contributed by atoms with E-state index in [9.17, 15) is 9.59 Å². The zero-order chi connectivity index (χ0) is 19.8. The number of benzene rings is 1. The van der Waals surface area contributed by atoms with Gasteiger partial charge in [0.05, 0.1) is 32.6 Å². The predicted molar refractivity (Wildman–Crippen MR) is 101 cm³/mol. The standard InChI is InChI=1S/C21H25NO5/c1-5-26-21(24)20(23)22(14-18-7-6-12-27-18)19(13-15(2)3)16-8-10-17(25-4)11-9-16/h6-12,19H,2,5,13-14H2,1,3-4H3. The van der Waals surface area contributed by atoms with Crippen LogP contribution in [-0.4, -0.2) is 30.5 Å². The Bertz CT molecular complexity index is 764. The first-order valence-electron chi connectivity index (χ1n) is 8.74. The molecule has 1 aromatic heterocycles. The minimum absolute atomic E-state index is 0.132. The molecule has 2 aromatic rings. The summed E-state index contributed by atoms with van der Waals surface area (Å²) < 4.78 is 15.5. The highest BCUT2D eigenvalue weighted by Gasteiger charge is 2.31. The third kappa shape index (κ3) is 5.48. The second kappa shape index (κ2) is 9.62. The summed E-state index contributed by atoms with van der Waals surface area (Å²) in [7, 11) is 1.59. The number of amides is 1. The molecule has 1 unspecified atom stereocenters. The van der Waals surface area contributed by atoms with Crippen LogP contribution in [0.15, 0.2) is 59.2 Å². The van der Waals surface area contributed by atoms with Crippen molar-refractivity contribution >= 4 is 11.9 Å². The van der Waals surface area contributed by atoms with Crippen molar-refractivity contribution in [2.24, 2.45) is 0 Å². The Kier molecular flexibility index (Phi) is 7.23. The Balaban J connectivity index is 2.41. The molecule has 0 aliphatic heterocycles. The zero-order valence-corrected chi connectivity index (χ0v) is 15.9. The van der Waals surface area contributed by atoms with Gasteiger partial charge >= 0.3 is 11.9 Å². The largest absolute Gasteiger partial charge is 0.497 e. The SMILES string of the molecule is C=C(C)CC(c1ccc(OC)cc1)N(Cc1ccco1)C(=O)C(=O)OCC. The summed E-state index contributed by atoms with van der Waals surface area (Å²) >= 11 is 0. The van der Waals surface area contributed by atoms with Crippen molar-refractivity contribution in [2.45, 2.75) is 32.9 Å². The Labute approximate surface area is 159 Å². The van der Waals surface area contributed by atoms with Gasteiger partial charge in [-0.15, -0.1) is 6.58 Å². The normalized spacial score (nSPS) is 11.5. The fourth-order valence-corrected chi connectivity index (χ4v) is 2.77. The summed E-state index contributed by atoms with van der Waals surface area (Å²) in [5, 5.41) is 0. The van der Waals surface area contributed by atoms with Crippen LogP contribution >= 0.6 is 0 Å². The minimum Gasteiger partial charge on any atom is -0.497 e. The second-order valence-electron chi connectivity index (χ2n) is 6.18. The highest BCUT2D eigenvalue weighted by molar-refractivity contribution is 6.32. The van der Waals surface area contributed by atoms with Crippen LogP contribution in [0, 0.1) is 0 Å². The van der Waals surface area contributed by atoms with Crippen LogP contribution in [-0.2, 0) is 20.9 Å². The molecule has 1 aromatic carbocycles. The van der Waals surface area contributed by atoms with Gasteiger partial charge in [-0.1, -0.05) is 17.7 Å². The fourth-order valence-electron chi connectivity index (χ4n) is 2.77. The summed E-state index contributed by atoms with van der Waals surface area (Å²) in [6, 6.07) is 10.5. The molecular weight excluding hydrogens is 346 g/mol. The summed E-state index contributed by atoms with van der Waals surface area (Å²) in [6.45, 7) is 7.80. The molecule has 0 fully saturated rings. The molecule has 2 rings (SSSR count). The second-order valence-corrected chi connectivity index (χ2v) is 6.18. The third-order valence-electron chi connectivity index (χ3n) is 4.04. The van der Waals surface area contributed by atoms with Crippen LogP contribution < -0.4 is 4.74 Å². The van der Waals surface area contributed by atoms with Crippen molar-refractivity contribution in [1.82, 2.24) is 4.90 Å². The molecule has 0 aliphatic rings. The van der Waals surface area contributed by atoms with E-state index in [2.05, 4.69) is 6.58 Å². The van der Waals surface area contributed by atoms with Gasteiger partial charge in [-0.2, -0.15) is 0 Å². The topological polar surface area (TPSA) is 69.0 Å². The average molecular weight is 371 g/mol. The fraction of sp³-hybridized carbons (Fsp3) is 0.333. The van der Waals surface area contributed by atoms with Gasteiger partial charge in [-0.05, 0) is 50.1 Å². The molecule has 0 radical (unpaired) electrons. The van der Waals surface area contributed by atoms with Gasteiger partial charge in [0.15, 0.2) is 0 Å². The van der Waals surface area contributed by atoms with Crippen LogP contribution in [0.5, 0.6) is 5.75 Å². The molecule has 0 saturated heterocycles. The van der Waals surface area contributed by atoms with E-state index in [0.29, 0.717) is 17.9 Å². The van der Waals surface area contributed by atoms with E-state index < -0.39 is 17.9 Å². The van der Waals surface area contributed by atoms with Gasteiger partial charge in [0.1, 0.15) is 11.5 Å². The molecule has 1 amide bonds.